The van der Waals surface area contributed by atoms with Gasteiger partial charge in [-0.2, -0.15) is 0 Å². The summed E-state index contributed by atoms with van der Waals surface area (Å²) in [4.78, 5) is 0. The van der Waals surface area contributed by atoms with Crippen LogP contribution in [0.1, 0.15) is 30.5 Å². The zero-order chi connectivity index (χ0) is 11.8. The average molecular weight is 220 g/mol. The van der Waals surface area contributed by atoms with Gasteiger partial charge >= 0.3 is 0 Å². The minimum atomic E-state index is 0.177. The number of fused-ring (bicyclic) bond motifs is 4. The molecule has 0 spiro atoms. The van der Waals surface area contributed by atoms with E-state index >= 15 is 0 Å². The number of hydrogen-bond acceptors (Lipinski definition) is 0. The van der Waals surface area contributed by atoms with Crippen LogP contribution in [-0.4, -0.2) is 0 Å². The molecule has 0 saturated carbocycles. The average Bonchev–Trinajstić information content (AvgIpc) is 3.01. The maximum Gasteiger partial charge on any atom is 0.0281 e. The van der Waals surface area contributed by atoms with Crippen LogP contribution in [0.25, 0.3) is 5.57 Å². The molecule has 1 unspecified atom stereocenters. The topological polar surface area (TPSA) is 0 Å². The Hall–Kier alpha value is -1.56. The van der Waals surface area contributed by atoms with E-state index < -0.39 is 0 Å². The van der Waals surface area contributed by atoms with Crippen LogP contribution in [0.3, 0.4) is 0 Å². The summed E-state index contributed by atoms with van der Waals surface area (Å²) in [6.45, 7) is 6.88. The van der Waals surface area contributed by atoms with Gasteiger partial charge in [0.05, 0.1) is 0 Å². The number of aryl methyl sites for hydroxylation is 1. The Morgan fingerprint density at radius 3 is 2.76 bits per heavy atom. The maximum absolute atomic E-state index is 2.38. The van der Waals surface area contributed by atoms with Gasteiger partial charge < -0.3 is 0 Å². The second-order valence-electron chi connectivity index (χ2n) is 5.98. The van der Waals surface area contributed by atoms with Crippen LogP contribution in [-0.2, 0) is 5.41 Å². The zero-order valence-electron chi connectivity index (χ0n) is 10.5. The molecule has 0 bridgehead atoms. The molecule has 0 aromatic heterocycles. The van der Waals surface area contributed by atoms with Crippen LogP contribution in [0, 0.1) is 12.8 Å². The van der Waals surface area contributed by atoms with Gasteiger partial charge in [-0.3, -0.25) is 0 Å². The summed E-state index contributed by atoms with van der Waals surface area (Å²) in [6.07, 6.45) is 7.01. The first-order chi connectivity index (χ1) is 8.09. The molecule has 4 rings (SSSR count). The predicted molar refractivity (Wildman–Crippen MR) is 71.8 cm³/mol. The number of benzene rings is 1. The van der Waals surface area contributed by atoms with E-state index in [0.717, 1.165) is 0 Å². The molecule has 0 amide bonds. The lowest BCUT2D eigenvalue weighted by Crippen LogP contribution is -2.16. The molecule has 84 valence electrons. The van der Waals surface area contributed by atoms with E-state index in [0.29, 0.717) is 5.92 Å². The first kappa shape index (κ1) is 9.47. The van der Waals surface area contributed by atoms with Crippen molar-refractivity contribution in [2.24, 2.45) is 5.92 Å². The molecule has 0 heterocycles. The predicted octanol–water partition coefficient (Wildman–Crippen LogP) is 4.17. The minimum absolute atomic E-state index is 0.177. The highest BCUT2D eigenvalue weighted by Gasteiger charge is 2.43. The molecule has 0 nitrogen and oxygen atoms in total. The molecule has 0 heteroatoms. The van der Waals surface area contributed by atoms with Crippen LogP contribution in [0.5, 0.6) is 0 Å². The van der Waals surface area contributed by atoms with Crippen LogP contribution in [0.15, 0.2) is 47.6 Å². The Kier molecular flexibility index (Phi) is 1.47. The lowest BCUT2D eigenvalue weighted by molar-refractivity contribution is 0.652. The smallest absolute Gasteiger partial charge is 0.0281 e. The van der Waals surface area contributed by atoms with Crippen LogP contribution in [0.4, 0.5) is 0 Å². The van der Waals surface area contributed by atoms with Gasteiger partial charge in [-0.25, -0.2) is 0 Å². The van der Waals surface area contributed by atoms with Crippen LogP contribution < -0.4 is 0 Å². The van der Waals surface area contributed by atoms with Crippen molar-refractivity contribution in [2.75, 3.05) is 0 Å². The fourth-order valence-corrected chi connectivity index (χ4v) is 3.42. The van der Waals surface area contributed by atoms with Gasteiger partial charge in [-0.05, 0) is 34.8 Å². The van der Waals surface area contributed by atoms with Gasteiger partial charge in [0.15, 0.2) is 0 Å². The highest BCUT2D eigenvalue weighted by molar-refractivity contribution is 5.91. The third-order valence-corrected chi connectivity index (χ3v) is 4.46. The van der Waals surface area contributed by atoms with Crippen molar-refractivity contribution >= 4 is 5.57 Å². The summed E-state index contributed by atoms with van der Waals surface area (Å²) in [5, 5.41) is 0. The van der Waals surface area contributed by atoms with Crippen molar-refractivity contribution in [1.29, 1.82) is 0 Å². The standard InChI is InChI=1S/C17H16/c1-10-4-6-14-13(8-10)16-12-9-11(12)5-7-15(16)17(14,2)3/h4-9,12H,1-3H3. The fraction of sp³-hybridized carbons (Fsp3) is 0.294. The Morgan fingerprint density at radius 1 is 1.12 bits per heavy atom. The highest BCUT2D eigenvalue weighted by Crippen LogP contribution is 2.57. The van der Waals surface area contributed by atoms with Gasteiger partial charge in [-0.15, -0.1) is 0 Å². The maximum atomic E-state index is 2.38. The molecule has 3 aliphatic carbocycles. The van der Waals surface area contributed by atoms with Crippen molar-refractivity contribution in [3.8, 4) is 0 Å². The Labute approximate surface area is 102 Å². The number of hydrogen-bond donors (Lipinski definition) is 0. The summed E-state index contributed by atoms with van der Waals surface area (Å²) < 4.78 is 0. The Bertz CT molecular complexity index is 636. The summed E-state index contributed by atoms with van der Waals surface area (Å²) in [6, 6.07) is 6.92. The SMILES string of the molecule is Cc1ccc2c(c1)C1=C(C=CC3=CC31)C2(C)C. The minimum Gasteiger partial charge on any atom is -0.0685 e. The van der Waals surface area contributed by atoms with Crippen LogP contribution in [0.2, 0.25) is 0 Å². The summed E-state index contributed by atoms with van der Waals surface area (Å²) >= 11 is 0. The van der Waals surface area contributed by atoms with Crippen molar-refractivity contribution < 1.29 is 0 Å². The van der Waals surface area contributed by atoms with E-state index in [-0.39, 0.29) is 5.41 Å². The van der Waals surface area contributed by atoms with E-state index in [1.807, 2.05) is 0 Å². The van der Waals surface area contributed by atoms with Crippen molar-refractivity contribution in [3.63, 3.8) is 0 Å². The molecular formula is C17H16. The van der Waals surface area contributed by atoms with Crippen molar-refractivity contribution in [1.82, 2.24) is 0 Å². The first-order valence-corrected chi connectivity index (χ1v) is 6.35. The molecule has 3 aliphatic rings. The summed E-state index contributed by atoms with van der Waals surface area (Å²) in [5.74, 6) is 0.623. The Balaban J connectivity index is 2.04. The quantitative estimate of drug-likeness (QED) is 0.615. The number of allylic oxidation sites excluding steroid dienone is 6. The van der Waals surface area contributed by atoms with E-state index in [2.05, 4.69) is 57.2 Å². The first-order valence-electron chi connectivity index (χ1n) is 6.35. The molecule has 0 N–H and O–H groups in total. The van der Waals surface area contributed by atoms with E-state index in [9.17, 15) is 0 Å². The normalized spacial score (nSPS) is 26.3. The van der Waals surface area contributed by atoms with E-state index in [1.54, 1.807) is 5.57 Å². The highest BCUT2D eigenvalue weighted by atomic mass is 14.5. The summed E-state index contributed by atoms with van der Waals surface area (Å²) in [5.41, 5.74) is 9.15. The van der Waals surface area contributed by atoms with Gasteiger partial charge in [-0.1, -0.05) is 55.8 Å². The van der Waals surface area contributed by atoms with Gasteiger partial charge in [0.25, 0.3) is 0 Å². The lowest BCUT2D eigenvalue weighted by Gasteiger charge is -2.23. The molecule has 0 saturated heterocycles. The molecule has 0 fully saturated rings. The molecule has 1 aromatic rings. The lowest BCUT2D eigenvalue weighted by atomic mass is 9.80. The molecule has 0 aliphatic heterocycles. The third-order valence-electron chi connectivity index (χ3n) is 4.46. The zero-order valence-corrected chi connectivity index (χ0v) is 10.5. The van der Waals surface area contributed by atoms with Gasteiger partial charge in [0, 0.05) is 11.3 Å². The monoisotopic (exact) mass is 220 g/mol. The largest absolute Gasteiger partial charge is 0.0685 e. The Morgan fingerprint density at radius 2 is 1.94 bits per heavy atom. The molecule has 1 atom stereocenters. The van der Waals surface area contributed by atoms with E-state index in [4.69, 9.17) is 0 Å². The van der Waals surface area contributed by atoms with Gasteiger partial charge in [0.2, 0.25) is 0 Å². The summed E-state index contributed by atoms with van der Waals surface area (Å²) in [7, 11) is 0. The second-order valence-corrected chi connectivity index (χ2v) is 5.98. The molecular weight excluding hydrogens is 204 g/mol. The van der Waals surface area contributed by atoms with Crippen LogP contribution >= 0.6 is 0 Å². The molecule has 17 heavy (non-hydrogen) atoms. The number of rotatable bonds is 0. The van der Waals surface area contributed by atoms with Crippen molar-refractivity contribution in [3.05, 3.63) is 64.3 Å². The molecule has 0 radical (unpaired) electrons. The third kappa shape index (κ3) is 1.04. The van der Waals surface area contributed by atoms with Gasteiger partial charge in [0.1, 0.15) is 0 Å². The molecule has 1 aromatic carbocycles. The van der Waals surface area contributed by atoms with Crippen molar-refractivity contribution in [2.45, 2.75) is 26.2 Å². The fourth-order valence-electron chi connectivity index (χ4n) is 3.42. The van der Waals surface area contributed by atoms with E-state index in [1.165, 1.54) is 27.8 Å². The second kappa shape index (κ2) is 2.64.